The van der Waals surface area contributed by atoms with E-state index in [4.69, 9.17) is 16.0 Å². The molecule has 0 bridgehead atoms. The Kier molecular flexibility index (Phi) is 4.38. The van der Waals surface area contributed by atoms with Crippen LogP contribution in [0.2, 0.25) is 5.02 Å². The van der Waals surface area contributed by atoms with Gasteiger partial charge in [0, 0.05) is 18.1 Å². The molecule has 0 saturated carbocycles. The normalized spacial score (nSPS) is 12.3. The molecule has 24 heavy (non-hydrogen) atoms. The quantitative estimate of drug-likeness (QED) is 0.662. The first-order chi connectivity index (χ1) is 11.4. The van der Waals surface area contributed by atoms with Gasteiger partial charge in [-0.15, -0.1) is 0 Å². The van der Waals surface area contributed by atoms with Crippen molar-refractivity contribution in [1.29, 1.82) is 0 Å². The highest BCUT2D eigenvalue weighted by atomic mass is 35.5. The van der Waals surface area contributed by atoms with Gasteiger partial charge in [0.1, 0.15) is 11.2 Å². The molecule has 2 aromatic carbocycles. The summed E-state index contributed by atoms with van der Waals surface area (Å²) in [4.78, 5) is 12.8. The summed E-state index contributed by atoms with van der Waals surface area (Å²) in [5.41, 5.74) is 0.454. The SMILES string of the molecule is CCN(CC)S(=O)(=O)c1ccc2oc3ccc(Cl)cc3c(=O)c2c1. The summed E-state index contributed by atoms with van der Waals surface area (Å²) in [7, 11) is -3.64. The van der Waals surface area contributed by atoms with Crippen LogP contribution in [-0.2, 0) is 10.0 Å². The second kappa shape index (κ2) is 6.20. The van der Waals surface area contributed by atoms with Crippen molar-refractivity contribution < 1.29 is 12.8 Å². The zero-order chi connectivity index (χ0) is 17.5. The molecule has 5 nitrogen and oxygen atoms in total. The van der Waals surface area contributed by atoms with E-state index >= 15 is 0 Å². The standard InChI is InChI=1S/C17H16ClNO4S/c1-3-19(4-2)24(21,22)12-6-8-16-14(10-12)17(20)13-9-11(18)5-7-15(13)23-16/h5-10H,3-4H2,1-2H3. The van der Waals surface area contributed by atoms with Crippen molar-refractivity contribution in [1.82, 2.24) is 4.31 Å². The molecule has 126 valence electrons. The van der Waals surface area contributed by atoms with Gasteiger partial charge in [-0.25, -0.2) is 8.42 Å². The van der Waals surface area contributed by atoms with Crippen LogP contribution in [0.25, 0.3) is 21.9 Å². The number of hydrogen-bond acceptors (Lipinski definition) is 4. The molecule has 1 aromatic heterocycles. The zero-order valence-corrected chi connectivity index (χ0v) is 14.8. The molecule has 0 aliphatic carbocycles. The fourth-order valence-electron chi connectivity index (χ4n) is 2.68. The first-order valence-corrected chi connectivity index (χ1v) is 9.36. The third-order valence-electron chi connectivity index (χ3n) is 3.94. The maximum atomic E-state index is 12.7. The van der Waals surface area contributed by atoms with Gasteiger partial charge in [-0.2, -0.15) is 4.31 Å². The van der Waals surface area contributed by atoms with Gasteiger partial charge in [-0.05, 0) is 36.4 Å². The second-order valence-corrected chi connectivity index (χ2v) is 7.69. The summed E-state index contributed by atoms with van der Waals surface area (Å²) in [6.45, 7) is 4.26. The summed E-state index contributed by atoms with van der Waals surface area (Å²) >= 11 is 5.94. The van der Waals surface area contributed by atoms with Crippen LogP contribution < -0.4 is 5.43 Å². The highest BCUT2D eigenvalue weighted by Crippen LogP contribution is 2.24. The van der Waals surface area contributed by atoms with E-state index < -0.39 is 10.0 Å². The van der Waals surface area contributed by atoms with Crippen LogP contribution in [-0.4, -0.2) is 25.8 Å². The number of fused-ring (bicyclic) bond motifs is 2. The molecule has 1 heterocycles. The largest absolute Gasteiger partial charge is 0.456 e. The predicted molar refractivity (Wildman–Crippen MR) is 95.1 cm³/mol. The van der Waals surface area contributed by atoms with Crippen LogP contribution in [0.5, 0.6) is 0 Å². The van der Waals surface area contributed by atoms with Crippen LogP contribution in [0.3, 0.4) is 0 Å². The number of sulfonamides is 1. The first kappa shape index (κ1) is 17.0. The van der Waals surface area contributed by atoms with Gasteiger partial charge < -0.3 is 4.42 Å². The molecule has 0 saturated heterocycles. The number of rotatable bonds is 4. The van der Waals surface area contributed by atoms with E-state index in [2.05, 4.69) is 0 Å². The summed E-state index contributed by atoms with van der Waals surface area (Å²) in [5, 5.41) is 0.964. The molecule has 0 aliphatic heterocycles. The molecule has 3 aromatic rings. The van der Waals surface area contributed by atoms with E-state index in [1.165, 1.54) is 28.6 Å². The smallest absolute Gasteiger partial charge is 0.243 e. The molecule has 0 amide bonds. The predicted octanol–water partition coefficient (Wildman–Crippen LogP) is 3.63. The first-order valence-electron chi connectivity index (χ1n) is 7.54. The van der Waals surface area contributed by atoms with E-state index in [-0.39, 0.29) is 15.7 Å². The Labute approximate surface area is 144 Å². The van der Waals surface area contributed by atoms with Gasteiger partial charge >= 0.3 is 0 Å². The van der Waals surface area contributed by atoms with Gasteiger partial charge in [0.25, 0.3) is 0 Å². The molecule has 7 heteroatoms. The third-order valence-corrected chi connectivity index (χ3v) is 6.23. The lowest BCUT2D eigenvalue weighted by molar-refractivity contribution is 0.445. The van der Waals surface area contributed by atoms with Crippen molar-refractivity contribution in [3.05, 3.63) is 51.6 Å². The Morgan fingerprint density at radius 2 is 1.58 bits per heavy atom. The summed E-state index contributed by atoms with van der Waals surface area (Å²) < 4.78 is 32.3. The van der Waals surface area contributed by atoms with E-state index in [0.29, 0.717) is 34.7 Å². The van der Waals surface area contributed by atoms with Crippen LogP contribution in [0.15, 0.2) is 50.5 Å². The topological polar surface area (TPSA) is 67.6 Å². The average Bonchev–Trinajstić information content (AvgIpc) is 2.56. The van der Waals surface area contributed by atoms with Crippen molar-refractivity contribution in [2.24, 2.45) is 0 Å². The number of benzene rings is 2. The minimum atomic E-state index is -3.64. The van der Waals surface area contributed by atoms with E-state index in [1.54, 1.807) is 26.0 Å². The zero-order valence-electron chi connectivity index (χ0n) is 13.2. The van der Waals surface area contributed by atoms with Crippen molar-refractivity contribution in [3.8, 4) is 0 Å². The minimum Gasteiger partial charge on any atom is -0.456 e. The minimum absolute atomic E-state index is 0.0763. The average molecular weight is 366 g/mol. The highest BCUT2D eigenvalue weighted by molar-refractivity contribution is 7.89. The Hall–Kier alpha value is -1.89. The molecular weight excluding hydrogens is 350 g/mol. The Morgan fingerprint density at radius 1 is 1.00 bits per heavy atom. The maximum Gasteiger partial charge on any atom is 0.243 e. The highest BCUT2D eigenvalue weighted by Gasteiger charge is 2.22. The van der Waals surface area contributed by atoms with E-state index in [0.717, 1.165) is 0 Å². The molecule has 0 aliphatic rings. The molecule has 0 atom stereocenters. The number of hydrogen-bond donors (Lipinski definition) is 0. The summed E-state index contributed by atoms with van der Waals surface area (Å²) in [6, 6.07) is 9.13. The van der Waals surface area contributed by atoms with Crippen LogP contribution in [0.1, 0.15) is 13.8 Å². The molecule has 0 radical (unpaired) electrons. The molecule has 3 rings (SSSR count). The van der Waals surface area contributed by atoms with E-state index in [9.17, 15) is 13.2 Å². The molecule has 0 unspecified atom stereocenters. The van der Waals surface area contributed by atoms with Crippen LogP contribution in [0, 0.1) is 0 Å². The second-order valence-electron chi connectivity index (χ2n) is 5.32. The van der Waals surface area contributed by atoms with Gasteiger partial charge in [-0.1, -0.05) is 25.4 Å². The van der Waals surface area contributed by atoms with Crippen molar-refractivity contribution in [3.63, 3.8) is 0 Å². The molecule has 0 spiro atoms. The van der Waals surface area contributed by atoms with Crippen molar-refractivity contribution in [2.45, 2.75) is 18.7 Å². The van der Waals surface area contributed by atoms with Gasteiger partial charge in [-0.3, -0.25) is 4.79 Å². The lowest BCUT2D eigenvalue weighted by Crippen LogP contribution is -2.30. The summed E-state index contributed by atoms with van der Waals surface area (Å²) in [6.07, 6.45) is 0. The van der Waals surface area contributed by atoms with Gasteiger partial charge in [0.15, 0.2) is 0 Å². The lowest BCUT2D eigenvalue weighted by Gasteiger charge is -2.18. The fraction of sp³-hybridized carbons (Fsp3) is 0.235. The Balaban J connectivity index is 2.30. The van der Waals surface area contributed by atoms with Crippen molar-refractivity contribution >= 4 is 43.6 Å². The van der Waals surface area contributed by atoms with Gasteiger partial charge in [0.2, 0.25) is 15.5 Å². The molecule has 0 N–H and O–H groups in total. The maximum absolute atomic E-state index is 12.7. The Morgan fingerprint density at radius 3 is 2.21 bits per heavy atom. The molecule has 0 fully saturated rings. The monoisotopic (exact) mass is 365 g/mol. The Bertz CT molecular complexity index is 1080. The van der Waals surface area contributed by atoms with Crippen LogP contribution >= 0.6 is 11.6 Å². The fourth-order valence-corrected chi connectivity index (χ4v) is 4.34. The van der Waals surface area contributed by atoms with E-state index in [1.807, 2.05) is 0 Å². The van der Waals surface area contributed by atoms with Crippen molar-refractivity contribution in [2.75, 3.05) is 13.1 Å². The van der Waals surface area contributed by atoms with Crippen LogP contribution in [0.4, 0.5) is 0 Å². The summed E-state index contributed by atoms with van der Waals surface area (Å²) in [5.74, 6) is 0. The number of nitrogens with zero attached hydrogens (tertiary/aromatic N) is 1. The lowest BCUT2D eigenvalue weighted by atomic mass is 10.1. The molecular formula is C17H16ClNO4S. The number of halogens is 1. The third kappa shape index (κ3) is 2.70. The van der Waals surface area contributed by atoms with Gasteiger partial charge in [0.05, 0.1) is 15.7 Å².